The van der Waals surface area contributed by atoms with E-state index in [4.69, 9.17) is 12.2 Å². The summed E-state index contributed by atoms with van der Waals surface area (Å²) in [5.41, 5.74) is -1.35. The quantitative estimate of drug-likeness (QED) is 0.833. The molecule has 3 nitrogen and oxygen atoms in total. The molecule has 1 aliphatic heterocycles. The van der Waals surface area contributed by atoms with Gasteiger partial charge in [0.25, 0.3) is 0 Å². The van der Waals surface area contributed by atoms with Crippen LogP contribution in [-0.4, -0.2) is 9.82 Å². The Hall–Kier alpha value is -1.15. The second-order valence-corrected chi connectivity index (χ2v) is 4.85. The third-order valence-corrected chi connectivity index (χ3v) is 3.06. The lowest BCUT2D eigenvalue weighted by Crippen LogP contribution is -2.15. The highest BCUT2D eigenvalue weighted by Crippen LogP contribution is 2.36. The molecular weight excluding hydrogens is 271 g/mol. The monoisotopic (exact) mass is 277 g/mol. The average Bonchev–Trinajstić information content (AvgIpc) is 2.63. The number of azo groups is 1. The lowest BCUT2D eigenvalue weighted by atomic mass is 10.2. The molecule has 0 saturated carbocycles. The highest BCUT2D eigenvalue weighted by atomic mass is 32.2. The second kappa shape index (κ2) is 4.61. The summed E-state index contributed by atoms with van der Waals surface area (Å²) in [5.74, 6) is 0. The van der Waals surface area contributed by atoms with Gasteiger partial charge in [-0.05, 0) is 36.1 Å². The molecule has 0 radical (unpaired) electrons. The van der Waals surface area contributed by atoms with Crippen molar-refractivity contribution in [1.82, 2.24) is 0 Å². The molecule has 0 aromatic heterocycles. The summed E-state index contributed by atoms with van der Waals surface area (Å²) in [6.45, 7) is 0. The number of para-hydroxylation sites is 1. The zero-order valence-corrected chi connectivity index (χ0v) is 9.86. The van der Waals surface area contributed by atoms with Gasteiger partial charge in [0.05, 0.1) is 5.56 Å². The predicted molar refractivity (Wildman–Crippen MR) is 63.9 cm³/mol. The summed E-state index contributed by atoms with van der Waals surface area (Å²) in [4.78, 5) is 0. The number of thioether (sulfide) groups is 1. The number of thiocarbonyl (C=S) groups is 1. The Kier molecular flexibility index (Phi) is 3.34. The van der Waals surface area contributed by atoms with Gasteiger partial charge in [-0.1, -0.05) is 12.1 Å². The normalized spacial score (nSPS) is 19.7. The molecule has 0 aliphatic carbocycles. The number of halogens is 3. The van der Waals surface area contributed by atoms with Crippen molar-refractivity contribution >= 4 is 34.0 Å². The van der Waals surface area contributed by atoms with E-state index in [1.165, 1.54) is 18.2 Å². The van der Waals surface area contributed by atoms with Crippen LogP contribution in [0.3, 0.4) is 0 Å². The van der Waals surface area contributed by atoms with E-state index in [1.807, 2.05) is 0 Å². The van der Waals surface area contributed by atoms with E-state index in [-0.39, 0.29) is 5.69 Å². The predicted octanol–water partition coefficient (Wildman–Crippen LogP) is 3.88. The summed E-state index contributed by atoms with van der Waals surface area (Å²) in [5, 5.41) is 9.93. The van der Waals surface area contributed by atoms with Crippen LogP contribution in [0.4, 0.5) is 18.9 Å². The minimum atomic E-state index is -4.40. The van der Waals surface area contributed by atoms with Gasteiger partial charge in [0.2, 0.25) is 0 Å². The Balaban J connectivity index is 2.21. The molecule has 0 fully saturated rings. The molecule has 17 heavy (non-hydrogen) atoms. The van der Waals surface area contributed by atoms with Gasteiger partial charge in [0.1, 0.15) is 0 Å². The van der Waals surface area contributed by atoms with Gasteiger partial charge in [0, 0.05) is 5.69 Å². The zero-order valence-electron chi connectivity index (χ0n) is 8.23. The van der Waals surface area contributed by atoms with Crippen LogP contribution in [0, 0.1) is 0 Å². The van der Waals surface area contributed by atoms with Crippen molar-refractivity contribution in [2.45, 2.75) is 11.7 Å². The number of hydrogen-bond donors (Lipinski definition) is 1. The molecular formula is C9H6F3N3S2. The van der Waals surface area contributed by atoms with Gasteiger partial charge in [0.15, 0.2) is 9.82 Å². The van der Waals surface area contributed by atoms with Gasteiger partial charge in [-0.15, -0.1) is 10.2 Å². The maximum absolute atomic E-state index is 12.7. The Morgan fingerprint density at radius 3 is 2.59 bits per heavy atom. The van der Waals surface area contributed by atoms with Crippen molar-refractivity contribution < 1.29 is 13.2 Å². The number of benzene rings is 1. The van der Waals surface area contributed by atoms with E-state index < -0.39 is 17.2 Å². The largest absolute Gasteiger partial charge is 0.418 e. The lowest BCUT2D eigenvalue weighted by Gasteiger charge is -2.15. The van der Waals surface area contributed by atoms with E-state index in [9.17, 15) is 13.2 Å². The molecule has 1 aliphatic rings. The van der Waals surface area contributed by atoms with Crippen LogP contribution in [0.5, 0.6) is 0 Å². The third-order valence-electron chi connectivity index (χ3n) is 1.97. The first kappa shape index (κ1) is 12.3. The van der Waals surface area contributed by atoms with Crippen molar-refractivity contribution in [2.75, 3.05) is 5.32 Å². The average molecular weight is 277 g/mol. The maximum atomic E-state index is 12.7. The topological polar surface area (TPSA) is 36.8 Å². The van der Waals surface area contributed by atoms with E-state index >= 15 is 0 Å². The number of alkyl halides is 3. The molecule has 1 N–H and O–H groups in total. The number of hydrogen-bond acceptors (Lipinski definition) is 4. The summed E-state index contributed by atoms with van der Waals surface area (Å²) in [6.07, 6.45) is -4.40. The molecule has 0 bridgehead atoms. The first-order valence-corrected chi connectivity index (χ1v) is 5.80. The molecule has 0 amide bonds. The Bertz CT molecular complexity index is 473. The first-order valence-electron chi connectivity index (χ1n) is 4.51. The first-order chi connectivity index (χ1) is 7.97. The molecule has 0 saturated heterocycles. The molecule has 1 aromatic carbocycles. The number of nitrogens with zero attached hydrogens (tertiary/aromatic N) is 2. The van der Waals surface area contributed by atoms with E-state index in [2.05, 4.69) is 15.5 Å². The second-order valence-electron chi connectivity index (χ2n) is 3.14. The van der Waals surface area contributed by atoms with Gasteiger partial charge in [-0.25, -0.2) is 0 Å². The molecule has 1 heterocycles. The van der Waals surface area contributed by atoms with E-state index in [0.29, 0.717) is 4.32 Å². The summed E-state index contributed by atoms with van der Waals surface area (Å²) >= 11 is 5.86. The fraction of sp³-hybridized carbons (Fsp3) is 0.222. The minimum absolute atomic E-state index is 0.0267. The van der Waals surface area contributed by atoms with Crippen LogP contribution in [0.15, 0.2) is 34.5 Å². The fourth-order valence-corrected chi connectivity index (χ4v) is 2.18. The van der Waals surface area contributed by atoms with Crippen molar-refractivity contribution in [3.05, 3.63) is 29.8 Å². The van der Waals surface area contributed by atoms with Crippen molar-refractivity contribution in [2.24, 2.45) is 10.2 Å². The van der Waals surface area contributed by atoms with Crippen molar-refractivity contribution in [3.63, 3.8) is 0 Å². The molecule has 1 unspecified atom stereocenters. The highest BCUT2D eigenvalue weighted by molar-refractivity contribution is 8.23. The smallest absolute Gasteiger partial charge is 0.353 e. The molecule has 8 heteroatoms. The third kappa shape index (κ3) is 2.95. The number of anilines is 1. The molecule has 1 aromatic rings. The van der Waals surface area contributed by atoms with Gasteiger partial charge in [-0.3, -0.25) is 0 Å². The number of rotatable bonds is 2. The van der Waals surface area contributed by atoms with Crippen LogP contribution in [-0.2, 0) is 6.18 Å². The van der Waals surface area contributed by atoms with Crippen LogP contribution in [0.25, 0.3) is 0 Å². The molecule has 2 rings (SSSR count). The van der Waals surface area contributed by atoms with Crippen LogP contribution in [0.1, 0.15) is 5.56 Å². The molecule has 90 valence electrons. The van der Waals surface area contributed by atoms with Crippen molar-refractivity contribution in [1.29, 1.82) is 0 Å². The summed E-state index contributed by atoms with van der Waals surface area (Å²) in [7, 11) is 0. The molecule has 0 spiro atoms. The lowest BCUT2D eigenvalue weighted by molar-refractivity contribution is -0.136. The Labute approximate surface area is 104 Å². The van der Waals surface area contributed by atoms with Gasteiger partial charge < -0.3 is 5.32 Å². The SMILES string of the molecule is FC(F)(F)c1ccccc1NC1N=NC(=S)S1. The van der Waals surface area contributed by atoms with Crippen LogP contribution >= 0.6 is 24.0 Å². The highest BCUT2D eigenvalue weighted by Gasteiger charge is 2.34. The van der Waals surface area contributed by atoms with Gasteiger partial charge in [-0.2, -0.15) is 13.2 Å². The summed E-state index contributed by atoms with van der Waals surface area (Å²) in [6, 6.07) is 5.21. The molecule has 1 atom stereocenters. The van der Waals surface area contributed by atoms with Crippen LogP contribution < -0.4 is 5.32 Å². The standard InChI is InChI=1S/C9H6F3N3S2/c10-9(11,12)5-3-1-2-4-6(5)13-7-14-15-8(16)17-7/h1-4,7,13H. The minimum Gasteiger partial charge on any atom is -0.353 e. The van der Waals surface area contributed by atoms with E-state index in [1.54, 1.807) is 0 Å². The van der Waals surface area contributed by atoms with E-state index in [0.717, 1.165) is 17.8 Å². The van der Waals surface area contributed by atoms with Crippen molar-refractivity contribution in [3.8, 4) is 0 Å². The maximum Gasteiger partial charge on any atom is 0.418 e. The van der Waals surface area contributed by atoms with Gasteiger partial charge >= 0.3 is 6.18 Å². The van der Waals surface area contributed by atoms with Crippen LogP contribution in [0.2, 0.25) is 0 Å². The Morgan fingerprint density at radius 2 is 2.00 bits per heavy atom. The Morgan fingerprint density at radius 1 is 1.29 bits per heavy atom. The number of nitrogens with one attached hydrogen (secondary N) is 1. The summed E-state index contributed by atoms with van der Waals surface area (Å²) < 4.78 is 38.3. The fourth-order valence-electron chi connectivity index (χ4n) is 1.29. The zero-order chi connectivity index (χ0) is 12.5.